The molecule has 2 aliphatic rings. The van der Waals surface area contributed by atoms with Crippen LogP contribution in [0, 0.1) is 13.5 Å². The first-order chi connectivity index (χ1) is 14.0. The monoisotopic (exact) mass is 398 g/mol. The first-order valence-corrected chi connectivity index (χ1v) is 9.98. The second kappa shape index (κ2) is 6.36. The molecule has 142 valence electrons. The van der Waals surface area contributed by atoms with Crippen LogP contribution in [-0.2, 0) is 4.79 Å². The minimum Gasteiger partial charge on any atom is -0.360 e. The number of nitrogens with zero attached hydrogens (tertiary/aromatic N) is 4. The van der Waals surface area contributed by atoms with E-state index in [1.807, 2.05) is 36.1 Å². The molecule has 2 heterocycles. The molecule has 3 aromatic rings. The molecule has 5 rings (SSSR count). The summed E-state index contributed by atoms with van der Waals surface area (Å²) in [6.45, 7) is 9.03. The van der Waals surface area contributed by atoms with E-state index in [0.29, 0.717) is 16.6 Å². The fourth-order valence-corrected chi connectivity index (χ4v) is 4.78. The molecular weight excluding hydrogens is 380 g/mol. The molecule has 1 aliphatic heterocycles. The van der Waals surface area contributed by atoms with Gasteiger partial charge in [0.1, 0.15) is 11.7 Å². The number of anilines is 2. The molecule has 1 saturated carbocycles. The van der Waals surface area contributed by atoms with Crippen molar-refractivity contribution in [2.45, 2.75) is 31.7 Å². The van der Waals surface area contributed by atoms with Crippen molar-refractivity contribution in [1.29, 1.82) is 0 Å². The summed E-state index contributed by atoms with van der Waals surface area (Å²) < 4.78 is 0. The first-order valence-electron chi connectivity index (χ1n) is 9.57. The van der Waals surface area contributed by atoms with Crippen LogP contribution in [0.25, 0.3) is 15.6 Å². The Morgan fingerprint density at radius 2 is 1.86 bits per heavy atom. The van der Waals surface area contributed by atoms with Gasteiger partial charge in [0.2, 0.25) is 0 Å². The summed E-state index contributed by atoms with van der Waals surface area (Å²) in [6, 6.07) is 16.2. The van der Waals surface area contributed by atoms with Gasteiger partial charge in [-0.3, -0.25) is 9.69 Å². The fraction of sp³-hybridized carbons (Fsp3) is 0.217. The summed E-state index contributed by atoms with van der Waals surface area (Å²) in [6.07, 6.45) is 4.13. The van der Waals surface area contributed by atoms with Crippen LogP contribution in [0.15, 0.2) is 54.7 Å². The molecule has 2 aromatic carbocycles. The van der Waals surface area contributed by atoms with Crippen LogP contribution in [0.4, 0.5) is 17.2 Å². The highest BCUT2D eigenvalue weighted by molar-refractivity contribution is 7.81. The highest BCUT2D eigenvalue weighted by Gasteiger charge is 2.59. The molecule has 2 fully saturated rings. The van der Waals surface area contributed by atoms with Crippen LogP contribution in [0.1, 0.15) is 24.8 Å². The standard InChI is InChI=1S/C23H18N4OS/c1-15-12-19(14-25-20(15)24-2)26-21(28)23(10-5-11-23)27(22(26)29)18-9-8-16-6-3-4-7-17(16)13-18/h3-4,6-9,12-14H,5,10-11H2,1H3. The quantitative estimate of drug-likeness (QED) is 0.442. The first kappa shape index (κ1) is 17.8. The lowest BCUT2D eigenvalue weighted by Gasteiger charge is -2.43. The number of rotatable bonds is 2. The molecule has 1 amide bonds. The van der Waals surface area contributed by atoms with Crippen molar-refractivity contribution in [1.82, 2.24) is 4.98 Å². The molecule has 0 N–H and O–H groups in total. The Labute approximate surface area is 174 Å². The van der Waals surface area contributed by atoms with Crippen LogP contribution >= 0.6 is 12.2 Å². The molecule has 0 unspecified atom stereocenters. The summed E-state index contributed by atoms with van der Waals surface area (Å²) in [5.41, 5.74) is 1.68. The average molecular weight is 398 g/mol. The molecule has 6 heteroatoms. The van der Waals surface area contributed by atoms with Crippen molar-refractivity contribution in [2.24, 2.45) is 0 Å². The maximum atomic E-state index is 13.5. The van der Waals surface area contributed by atoms with E-state index in [1.165, 1.54) is 0 Å². The molecule has 0 radical (unpaired) electrons. The molecule has 5 nitrogen and oxygen atoms in total. The molecule has 1 spiro atoms. The minimum absolute atomic E-state index is 0.00123. The van der Waals surface area contributed by atoms with E-state index in [4.69, 9.17) is 18.8 Å². The van der Waals surface area contributed by atoms with E-state index in [0.717, 1.165) is 41.3 Å². The lowest BCUT2D eigenvalue weighted by molar-refractivity contribution is -0.123. The van der Waals surface area contributed by atoms with E-state index in [9.17, 15) is 4.79 Å². The molecule has 1 aromatic heterocycles. The maximum absolute atomic E-state index is 13.5. The number of benzene rings is 2. The number of hydrogen-bond donors (Lipinski definition) is 0. The van der Waals surface area contributed by atoms with Gasteiger partial charge in [0.15, 0.2) is 5.11 Å². The molecule has 0 bridgehead atoms. The zero-order valence-electron chi connectivity index (χ0n) is 15.9. The number of thiocarbonyl (C=S) groups is 1. The second-order valence-electron chi connectivity index (χ2n) is 7.62. The molecular formula is C23H18N4OS. The number of carbonyl (C=O) groups excluding carboxylic acids is 1. The van der Waals surface area contributed by atoms with Gasteiger partial charge in [-0.2, -0.15) is 0 Å². The summed E-state index contributed by atoms with van der Waals surface area (Å²) in [4.78, 5) is 24.8. The Kier molecular flexibility index (Phi) is 3.90. The van der Waals surface area contributed by atoms with Gasteiger partial charge in [0.25, 0.3) is 11.7 Å². The normalized spacial score (nSPS) is 17.7. The van der Waals surface area contributed by atoms with Crippen LogP contribution in [0.2, 0.25) is 0 Å². The van der Waals surface area contributed by atoms with Gasteiger partial charge in [-0.05, 0) is 72.9 Å². The minimum atomic E-state index is -0.619. The lowest BCUT2D eigenvalue weighted by atomic mass is 9.75. The number of aromatic nitrogens is 1. The smallest absolute Gasteiger partial charge is 0.272 e. The predicted molar refractivity (Wildman–Crippen MR) is 118 cm³/mol. The maximum Gasteiger partial charge on any atom is 0.272 e. The van der Waals surface area contributed by atoms with Crippen molar-refractivity contribution in [3.63, 3.8) is 0 Å². The average Bonchev–Trinajstić information content (AvgIpc) is 2.94. The number of aryl methyl sites for hydroxylation is 1. The van der Waals surface area contributed by atoms with Gasteiger partial charge in [0.05, 0.1) is 5.69 Å². The zero-order chi connectivity index (χ0) is 20.2. The van der Waals surface area contributed by atoms with Gasteiger partial charge in [0, 0.05) is 5.69 Å². The van der Waals surface area contributed by atoms with E-state index < -0.39 is 5.54 Å². The van der Waals surface area contributed by atoms with Crippen LogP contribution in [0.5, 0.6) is 0 Å². The van der Waals surface area contributed by atoms with Crippen molar-refractivity contribution in [3.8, 4) is 0 Å². The van der Waals surface area contributed by atoms with Crippen LogP contribution in [0.3, 0.4) is 0 Å². The number of carbonyl (C=O) groups is 1. The van der Waals surface area contributed by atoms with E-state index in [1.54, 1.807) is 11.1 Å². The Bertz CT molecular complexity index is 1230. The summed E-state index contributed by atoms with van der Waals surface area (Å²) >= 11 is 5.82. The Hall–Kier alpha value is -3.30. The number of amides is 1. The lowest BCUT2D eigenvalue weighted by Crippen LogP contribution is -2.55. The molecule has 1 saturated heterocycles. The van der Waals surface area contributed by atoms with Crippen molar-refractivity contribution < 1.29 is 4.79 Å². The summed E-state index contributed by atoms with van der Waals surface area (Å²) in [7, 11) is 0. The molecule has 1 aliphatic carbocycles. The molecule has 0 atom stereocenters. The van der Waals surface area contributed by atoms with Gasteiger partial charge in [-0.25, -0.2) is 0 Å². The SMILES string of the molecule is [C-]#[N+]c1ncc(N2C(=O)C3(CCC3)N(c3ccc4ccccc4c3)C2=S)cc1C. The third-order valence-corrected chi connectivity index (χ3v) is 6.35. The Balaban J connectivity index is 1.62. The Morgan fingerprint density at radius 3 is 2.52 bits per heavy atom. The second-order valence-corrected chi connectivity index (χ2v) is 7.99. The van der Waals surface area contributed by atoms with Crippen LogP contribution in [-0.4, -0.2) is 21.5 Å². The van der Waals surface area contributed by atoms with Crippen molar-refractivity contribution in [3.05, 3.63) is 71.7 Å². The fourth-order valence-electron chi connectivity index (χ4n) is 4.32. The third kappa shape index (κ3) is 2.48. The molecule has 29 heavy (non-hydrogen) atoms. The highest BCUT2D eigenvalue weighted by atomic mass is 32.1. The third-order valence-electron chi connectivity index (χ3n) is 5.98. The van der Waals surface area contributed by atoms with Gasteiger partial charge < -0.3 is 9.74 Å². The number of pyridine rings is 1. The van der Waals surface area contributed by atoms with Crippen molar-refractivity contribution in [2.75, 3.05) is 9.80 Å². The van der Waals surface area contributed by atoms with E-state index >= 15 is 0 Å². The number of fused-ring (bicyclic) bond motifs is 1. The largest absolute Gasteiger partial charge is 0.360 e. The van der Waals surface area contributed by atoms with E-state index in [-0.39, 0.29) is 5.91 Å². The zero-order valence-corrected chi connectivity index (χ0v) is 16.7. The topological polar surface area (TPSA) is 40.8 Å². The van der Waals surface area contributed by atoms with Gasteiger partial charge in [-0.15, -0.1) is 4.98 Å². The number of hydrogen-bond acceptors (Lipinski definition) is 3. The van der Waals surface area contributed by atoms with E-state index in [2.05, 4.69) is 34.1 Å². The Morgan fingerprint density at radius 1 is 1.10 bits per heavy atom. The van der Waals surface area contributed by atoms with Crippen LogP contribution < -0.4 is 9.80 Å². The van der Waals surface area contributed by atoms with Gasteiger partial charge in [-0.1, -0.05) is 36.9 Å². The highest BCUT2D eigenvalue weighted by Crippen LogP contribution is 2.48. The van der Waals surface area contributed by atoms with Gasteiger partial charge >= 0.3 is 0 Å². The summed E-state index contributed by atoms with van der Waals surface area (Å²) in [5.74, 6) is 0.342. The summed E-state index contributed by atoms with van der Waals surface area (Å²) in [5, 5.41) is 2.75. The van der Waals surface area contributed by atoms with Crippen molar-refractivity contribution >= 4 is 51.2 Å². The predicted octanol–water partition coefficient (Wildman–Crippen LogP) is 5.15.